The number of methoxy groups -OCH3 is 1. The second-order valence-electron chi connectivity index (χ2n) is 9.85. The molecule has 1 aliphatic heterocycles. The van der Waals surface area contributed by atoms with Crippen molar-refractivity contribution in [1.82, 2.24) is 5.32 Å². The maximum absolute atomic E-state index is 13.2. The third-order valence-electron chi connectivity index (χ3n) is 7.74. The van der Waals surface area contributed by atoms with Gasteiger partial charge in [0.15, 0.2) is 5.78 Å². The standard InChI is InChI=1S/C28H27Cl3N2O4/c1-37-27(36)20(32-24-23(31)25(34)28(24)11-3-2-4-12-28)15-16-8-9-21-17(14-16)10-13-33(21)26(35)22-18(29)6-5-7-19(22)30/h5-9,14,20,32H,2-4,10-13,15H2,1H3. The number of carbonyl (C=O) groups is 3. The van der Waals surface area contributed by atoms with Gasteiger partial charge in [0.2, 0.25) is 0 Å². The Balaban J connectivity index is 1.36. The summed E-state index contributed by atoms with van der Waals surface area (Å²) in [5.74, 6) is -0.695. The van der Waals surface area contributed by atoms with E-state index in [9.17, 15) is 14.4 Å². The number of nitrogens with zero attached hydrogens (tertiary/aromatic N) is 1. The van der Waals surface area contributed by atoms with Crippen molar-refractivity contribution in [2.24, 2.45) is 5.41 Å². The maximum Gasteiger partial charge on any atom is 0.328 e. The predicted molar refractivity (Wildman–Crippen MR) is 144 cm³/mol. The van der Waals surface area contributed by atoms with E-state index in [2.05, 4.69) is 5.32 Å². The van der Waals surface area contributed by atoms with Gasteiger partial charge in [0.1, 0.15) is 11.1 Å². The van der Waals surface area contributed by atoms with Crippen molar-refractivity contribution in [3.8, 4) is 0 Å². The molecule has 1 N–H and O–H groups in total. The summed E-state index contributed by atoms with van der Waals surface area (Å²) in [6.07, 6.45) is 5.53. The van der Waals surface area contributed by atoms with Crippen molar-refractivity contribution >= 4 is 58.1 Å². The number of rotatable bonds is 6. The van der Waals surface area contributed by atoms with Gasteiger partial charge < -0.3 is 15.0 Å². The van der Waals surface area contributed by atoms with E-state index >= 15 is 0 Å². The Kier molecular flexibility index (Phi) is 7.27. The van der Waals surface area contributed by atoms with Gasteiger partial charge in [0, 0.05) is 24.4 Å². The van der Waals surface area contributed by atoms with Gasteiger partial charge in [-0.05, 0) is 48.6 Å². The summed E-state index contributed by atoms with van der Waals surface area (Å²) in [4.78, 5) is 40.4. The van der Waals surface area contributed by atoms with Crippen LogP contribution in [0.4, 0.5) is 5.69 Å². The summed E-state index contributed by atoms with van der Waals surface area (Å²) in [6, 6.07) is 10.1. The van der Waals surface area contributed by atoms with Crippen molar-refractivity contribution in [3.63, 3.8) is 0 Å². The number of hydrogen-bond acceptors (Lipinski definition) is 5. The molecule has 0 saturated heterocycles. The molecule has 37 heavy (non-hydrogen) atoms. The fourth-order valence-corrected chi connectivity index (χ4v) is 6.77. The topological polar surface area (TPSA) is 75.7 Å². The highest BCUT2D eigenvalue weighted by atomic mass is 35.5. The maximum atomic E-state index is 13.2. The molecular weight excluding hydrogens is 535 g/mol. The Bertz CT molecular complexity index is 1300. The molecule has 1 unspecified atom stereocenters. The second kappa shape index (κ2) is 10.3. The molecule has 5 rings (SSSR count). The fourth-order valence-electron chi connectivity index (χ4n) is 5.79. The number of esters is 1. The van der Waals surface area contributed by atoms with Gasteiger partial charge in [0.05, 0.1) is 28.1 Å². The number of allylic oxidation sites excluding steroid dienone is 2. The number of anilines is 1. The molecule has 3 aliphatic rings. The van der Waals surface area contributed by atoms with Crippen LogP contribution in [0.15, 0.2) is 47.1 Å². The lowest BCUT2D eigenvalue weighted by molar-refractivity contribution is -0.143. The summed E-state index contributed by atoms with van der Waals surface area (Å²) in [7, 11) is 1.35. The minimum atomic E-state index is -0.695. The van der Waals surface area contributed by atoms with Crippen LogP contribution in [0.1, 0.15) is 53.6 Å². The number of amides is 1. The molecule has 1 fully saturated rings. The lowest BCUT2D eigenvalue weighted by Gasteiger charge is -2.46. The zero-order valence-corrected chi connectivity index (χ0v) is 22.7. The summed E-state index contributed by atoms with van der Waals surface area (Å²) in [5, 5.41) is 4.10. The third-order valence-corrected chi connectivity index (χ3v) is 8.74. The number of halogens is 3. The number of hydrogen-bond donors (Lipinski definition) is 1. The smallest absolute Gasteiger partial charge is 0.328 e. The van der Waals surface area contributed by atoms with E-state index in [1.807, 2.05) is 18.2 Å². The van der Waals surface area contributed by atoms with Crippen molar-refractivity contribution < 1.29 is 19.1 Å². The molecule has 0 radical (unpaired) electrons. The average molecular weight is 562 g/mol. The van der Waals surface area contributed by atoms with Crippen LogP contribution in [0.3, 0.4) is 0 Å². The first-order chi connectivity index (χ1) is 17.8. The molecule has 2 aromatic carbocycles. The summed E-state index contributed by atoms with van der Waals surface area (Å²) in [5.41, 5.74) is 3.06. The molecule has 1 amide bonds. The monoisotopic (exact) mass is 560 g/mol. The van der Waals surface area contributed by atoms with Crippen LogP contribution in [-0.4, -0.2) is 37.4 Å². The third kappa shape index (κ3) is 4.53. The normalized spacial score (nSPS) is 18.9. The Morgan fingerprint density at radius 1 is 1.08 bits per heavy atom. The van der Waals surface area contributed by atoms with E-state index in [1.54, 1.807) is 23.1 Å². The van der Waals surface area contributed by atoms with Crippen molar-refractivity contribution in [3.05, 3.63) is 73.9 Å². The van der Waals surface area contributed by atoms with Crippen LogP contribution in [0.2, 0.25) is 10.0 Å². The zero-order valence-electron chi connectivity index (χ0n) is 20.4. The lowest BCUT2D eigenvalue weighted by Crippen LogP contribution is -2.53. The number of Topliss-reactive ketones (excluding diaryl/α,β-unsaturated/α-hetero) is 1. The fraction of sp³-hybridized carbons (Fsp3) is 0.393. The highest BCUT2D eigenvalue weighted by Crippen LogP contribution is 2.53. The predicted octanol–water partition coefficient (Wildman–Crippen LogP) is 5.85. The van der Waals surface area contributed by atoms with Crippen molar-refractivity contribution in [2.75, 3.05) is 18.6 Å². The van der Waals surface area contributed by atoms with Crippen LogP contribution < -0.4 is 10.2 Å². The summed E-state index contributed by atoms with van der Waals surface area (Å²) >= 11 is 18.9. The SMILES string of the molecule is COC(=O)C(Cc1ccc2c(c1)CCN2C(=O)c1c(Cl)cccc1Cl)NC1=C(Cl)C(=O)C12CCCCC2. The molecule has 1 spiro atoms. The summed E-state index contributed by atoms with van der Waals surface area (Å²) < 4.78 is 5.07. The molecule has 194 valence electrons. The minimum Gasteiger partial charge on any atom is -0.467 e. The van der Waals surface area contributed by atoms with E-state index < -0.39 is 17.4 Å². The molecule has 6 nitrogen and oxygen atoms in total. The van der Waals surface area contributed by atoms with Crippen molar-refractivity contribution in [1.29, 1.82) is 0 Å². The van der Waals surface area contributed by atoms with Gasteiger partial charge in [-0.1, -0.05) is 72.3 Å². The van der Waals surface area contributed by atoms with E-state index in [1.165, 1.54) is 7.11 Å². The Labute approximate surface area is 230 Å². The molecule has 9 heteroatoms. The molecule has 2 aliphatic carbocycles. The average Bonchev–Trinajstić information content (AvgIpc) is 3.33. The van der Waals surface area contributed by atoms with Crippen molar-refractivity contribution in [2.45, 2.75) is 51.0 Å². The Morgan fingerprint density at radius 3 is 2.46 bits per heavy atom. The van der Waals surface area contributed by atoms with Gasteiger partial charge in [-0.25, -0.2) is 4.79 Å². The van der Waals surface area contributed by atoms with Gasteiger partial charge in [0.25, 0.3) is 5.91 Å². The zero-order chi connectivity index (χ0) is 26.3. The van der Waals surface area contributed by atoms with Crippen LogP contribution in [0.25, 0.3) is 0 Å². The number of ether oxygens (including phenoxy) is 1. The number of benzene rings is 2. The second-order valence-corrected chi connectivity index (χ2v) is 11.0. The molecule has 0 bridgehead atoms. The van der Waals surface area contributed by atoms with Crippen LogP contribution in [-0.2, 0) is 27.2 Å². The number of nitrogens with one attached hydrogen (secondary N) is 1. The highest BCUT2D eigenvalue weighted by molar-refractivity contribution is 6.47. The first-order valence-corrected chi connectivity index (χ1v) is 13.6. The minimum absolute atomic E-state index is 0.0269. The first kappa shape index (κ1) is 26.1. The Morgan fingerprint density at radius 2 is 1.78 bits per heavy atom. The van der Waals surface area contributed by atoms with Crippen LogP contribution >= 0.6 is 34.8 Å². The number of carbonyl (C=O) groups excluding carboxylic acids is 3. The van der Waals surface area contributed by atoms with Crippen LogP contribution in [0, 0.1) is 5.41 Å². The molecule has 1 atom stereocenters. The molecule has 0 aromatic heterocycles. The number of ketones is 1. The number of fused-ring (bicyclic) bond motifs is 1. The van der Waals surface area contributed by atoms with Gasteiger partial charge in [-0.2, -0.15) is 0 Å². The first-order valence-electron chi connectivity index (χ1n) is 12.4. The van der Waals surface area contributed by atoms with Gasteiger partial charge in [-0.3, -0.25) is 9.59 Å². The van der Waals surface area contributed by atoms with Gasteiger partial charge >= 0.3 is 5.97 Å². The van der Waals surface area contributed by atoms with Crippen LogP contribution in [0.5, 0.6) is 0 Å². The molecule has 2 aromatic rings. The largest absolute Gasteiger partial charge is 0.467 e. The molecular formula is C28H27Cl3N2O4. The molecule has 1 saturated carbocycles. The quantitative estimate of drug-likeness (QED) is 0.448. The van der Waals surface area contributed by atoms with Gasteiger partial charge in [-0.15, -0.1) is 0 Å². The lowest BCUT2D eigenvalue weighted by atomic mass is 9.62. The van der Waals surface area contributed by atoms with E-state index in [-0.39, 0.29) is 22.3 Å². The van der Waals surface area contributed by atoms with E-state index in [4.69, 9.17) is 39.5 Å². The van der Waals surface area contributed by atoms with E-state index in [0.29, 0.717) is 35.1 Å². The Hall–Kier alpha value is -2.54. The molecule has 1 heterocycles. The summed E-state index contributed by atoms with van der Waals surface area (Å²) in [6.45, 7) is 0.505. The highest BCUT2D eigenvalue weighted by Gasteiger charge is 2.54. The van der Waals surface area contributed by atoms with E-state index in [0.717, 1.165) is 48.9 Å².